The number of halogens is 1. The maximum atomic E-state index is 3.57. The van der Waals surface area contributed by atoms with Crippen LogP contribution >= 0.6 is 15.9 Å². The van der Waals surface area contributed by atoms with E-state index in [1.54, 1.807) is 0 Å². The first-order chi connectivity index (χ1) is 8.52. The highest BCUT2D eigenvalue weighted by Crippen LogP contribution is 2.34. The number of nitrogens with one attached hydrogen (secondary N) is 1. The monoisotopic (exact) mass is 310 g/mol. The van der Waals surface area contributed by atoms with Gasteiger partial charge in [-0.05, 0) is 42.1 Å². The molecule has 2 rings (SSSR count). The summed E-state index contributed by atoms with van der Waals surface area (Å²) in [6.45, 7) is 11.2. The molecule has 1 fully saturated rings. The zero-order valence-corrected chi connectivity index (χ0v) is 13.2. The molecule has 1 heterocycles. The van der Waals surface area contributed by atoms with Crippen LogP contribution in [0.4, 0.5) is 5.69 Å². The Hall–Kier alpha value is -0.540. The lowest BCUT2D eigenvalue weighted by Crippen LogP contribution is -2.25. The predicted octanol–water partition coefficient (Wildman–Crippen LogP) is 3.79. The number of hydrogen-bond donors (Lipinski definition) is 1. The third-order valence-corrected chi connectivity index (χ3v) is 4.12. The summed E-state index contributed by atoms with van der Waals surface area (Å²) in [4.78, 5) is 2.53. The molecule has 0 saturated carbocycles. The van der Waals surface area contributed by atoms with Gasteiger partial charge in [0, 0.05) is 29.8 Å². The number of nitrogens with zero attached hydrogens (tertiary/aromatic N) is 1. The molecule has 0 radical (unpaired) electrons. The molecule has 0 aromatic heterocycles. The smallest absolute Gasteiger partial charge is 0.0412 e. The van der Waals surface area contributed by atoms with Gasteiger partial charge in [-0.2, -0.15) is 0 Å². The fourth-order valence-electron chi connectivity index (χ4n) is 2.58. The van der Waals surface area contributed by atoms with Crippen molar-refractivity contribution in [2.75, 3.05) is 24.5 Å². The van der Waals surface area contributed by atoms with Crippen LogP contribution in [0.1, 0.15) is 32.8 Å². The molecule has 1 aliphatic heterocycles. The molecule has 2 nitrogen and oxygen atoms in total. The van der Waals surface area contributed by atoms with Gasteiger partial charge in [0.2, 0.25) is 0 Å². The molecule has 0 bridgehead atoms. The van der Waals surface area contributed by atoms with Crippen molar-refractivity contribution in [3.05, 3.63) is 28.2 Å². The van der Waals surface area contributed by atoms with E-state index < -0.39 is 0 Å². The van der Waals surface area contributed by atoms with Crippen molar-refractivity contribution < 1.29 is 0 Å². The topological polar surface area (TPSA) is 15.3 Å². The lowest BCUT2D eigenvalue weighted by Gasteiger charge is -2.24. The highest BCUT2D eigenvalue weighted by Gasteiger charge is 2.30. The molecule has 1 aromatic carbocycles. The van der Waals surface area contributed by atoms with Crippen LogP contribution in [0.5, 0.6) is 0 Å². The van der Waals surface area contributed by atoms with Crippen LogP contribution in [-0.4, -0.2) is 19.6 Å². The van der Waals surface area contributed by atoms with Crippen molar-refractivity contribution in [3.63, 3.8) is 0 Å². The van der Waals surface area contributed by atoms with E-state index in [4.69, 9.17) is 0 Å². The Bertz CT molecular complexity index is 415. The third kappa shape index (κ3) is 3.27. The summed E-state index contributed by atoms with van der Waals surface area (Å²) < 4.78 is 1.16. The Balaban J connectivity index is 2.21. The highest BCUT2D eigenvalue weighted by molar-refractivity contribution is 9.10. The molecule has 0 spiro atoms. The first kappa shape index (κ1) is 13.9. The van der Waals surface area contributed by atoms with Crippen molar-refractivity contribution in [1.82, 2.24) is 5.32 Å². The molecular weight excluding hydrogens is 288 g/mol. The van der Waals surface area contributed by atoms with Gasteiger partial charge in [0.15, 0.2) is 0 Å². The molecule has 0 unspecified atom stereocenters. The van der Waals surface area contributed by atoms with Crippen molar-refractivity contribution >= 4 is 21.6 Å². The molecule has 1 aromatic rings. The summed E-state index contributed by atoms with van der Waals surface area (Å²) in [7, 11) is 0. The summed E-state index contributed by atoms with van der Waals surface area (Å²) in [5, 5.41) is 3.43. The second-order valence-corrected chi connectivity index (χ2v) is 6.80. The summed E-state index contributed by atoms with van der Waals surface area (Å²) in [5.74, 6) is 0. The van der Waals surface area contributed by atoms with Gasteiger partial charge in [0.1, 0.15) is 0 Å². The third-order valence-electron chi connectivity index (χ3n) is 3.63. The van der Waals surface area contributed by atoms with Crippen LogP contribution < -0.4 is 10.2 Å². The minimum atomic E-state index is 0.447. The SMILES string of the molecule is CCNCc1cc(Br)ccc1N1CCC(C)(C)C1. The molecule has 1 saturated heterocycles. The standard InChI is InChI=1S/C15H23BrN2/c1-4-17-10-12-9-13(16)5-6-14(12)18-8-7-15(2,3)11-18/h5-6,9,17H,4,7-8,10-11H2,1-3H3. The first-order valence-corrected chi connectivity index (χ1v) is 7.55. The van der Waals surface area contributed by atoms with Gasteiger partial charge < -0.3 is 10.2 Å². The van der Waals surface area contributed by atoms with Gasteiger partial charge in [-0.1, -0.05) is 36.7 Å². The summed E-state index contributed by atoms with van der Waals surface area (Å²) in [6.07, 6.45) is 1.28. The Labute approximate surface area is 119 Å². The van der Waals surface area contributed by atoms with Gasteiger partial charge in [-0.15, -0.1) is 0 Å². The molecule has 1 N–H and O–H groups in total. The average molecular weight is 311 g/mol. The van der Waals surface area contributed by atoms with E-state index in [-0.39, 0.29) is 0 Å². The van der Waals surface area contributed by atoms with Gasteiger partial charge in [0.05, 0.1) is 0 Å². The Kier molecular flexibility index (Phi) is 4.33. The van der Waals surface area contributed by atoms with Crippen LogP contribution in [0.3, 0.4) is 0 Å². The van der Waals surface area contributed by atoms with Crippen LogP contribution in [0.2, 0.25) is 0 Å². The molecule has 0 atom stereocenters. The van der Waals surface area contributed by atoms with Gasteiger partial charge in [0.25, 0.3) is 0 Å². The quantitative estimate of drug-likeness (QED) is 0.910. The Morgan fingerprint density at radius 3 is 2.78 bits per heavy atom. The number of hydrogen-bond acceptors (Lipinski definition) is 2. The van der Waals surface area contributed by atoms with Gasteiger partial charge >= 0.3 is 0 Å². The fourth-order valence-corrected chi connectivity index (χ4v) is 2.99. The minimum Gasteiger partial charge on any atom is -0.371 e. The largest absolute Gasteiger partial charge is 0.371 e. The second kappa shape index (κ2) is 5.62. The van der Waals surface area contributed by atoms with E-state index in [0.717, 1.165) is 24.1 Å². The number of anilines is 1. The molecule has 1 aliphatic rings. The van der Waals surface area contributed by atoms with E-state index in [0.29, 0.717) is 5.41 Å². The van der Waals surface area contributed by atoms with Crippen molar-refractivity contribution in [2.24, 2.45) is 5.41 Å². The van der Waals surface area contributed by atoms with Crippen LogP contribution in [0, 0.1) is 5.41 Å². The molecule has 0 aliphatic carbocycles. The minimum absolute atomic E-state index is 0.447. The van der Waals surface area contributed by atoms with E-state index in [9.17, 15) is 0 Å². The van der Waals surface area contributed by atoms with Crippen LogP contribution in [0.15, 0.2) is 22.7 Å². The molecule has 18 heavy (non-hydrogen) atoms. The van der Waals surface area contributed by atoms with Crippen molar-refractivity contribution in [1.29, 1.82) is 0 Å². The lowest BCUT2D eigenvalue weighted by molar-refractivity contribution is 0.418. The lowest BCUT2D eigenvalue weighted by atomic mass is 9.93. The normalized spacial score (nSPS) is 18.3. The molecule has 100 valence electrons. The zero-order valence-electron chi connectivity index (χ0n) is 11.6. The molecule has 0 amide bonds. The predicted molar refractivity (Wildman–Crippen MR) is 82.1 cm³/mol. The number of benzene rings is 1. The maximum absolute atomic E-state index is 3.57. The second-order valence-electron chi connectivity index (χ2n) is 5.89. The van der Waals surface area contributed by atoms with Crippen LogP contribution in [0.25, 0.3) is 0 Å². The summed E-state index contributed by atoms with van der Waals surface area (Å²) >= 11 is 3.57. The number of rotatable bonds is 4. The molecule has 3 heteroatoms. The van der Waals surface area contributed by atoms with E-state index >= 15 is 0 Å². The zero-order chi connectivity index (χ0) is 13.2. The average Bonchev–Trinajstić information content (AvgIpc) is 2.67. The van der Waals surface area contributed by atoms with Gasteiger partial charge in [-0.3, -0.25) is 0 Å². The highest BCUT2D eigenvalue weighted by atomic mass is 79.9. The first-order valence-electron chi connectivity index (χ1n) is 6.76. The van der Waals surface area contributed by atoms with E-state index in [2.05, 4.69) is 65.1 Å². The summed E-state index contributed by atoms with van der Waals surface area (Å²) in [5.41, 5.74) is 3.23. The maximum Gasteiger partial charge on any atom is 0.0412 e. The van der Waals surface area contributed by atoms with E-state index in [1.165, 1.54) is 24.2 Å². The molecular formula is C15H23BrN2. The van der Waals surface area contributed by atoms with E-state index in [1.807, 2.05) is 0 Å². The Morgan fingerprint density at radius 2 is 2.17 bits per heavy atom. The van der Waals surface area contributed by atoms with Crippen molar-refractivity contribution in [2.45, 2.75) is 33.7 Å². The summed E-state index contributed by atoms with van der Waals surface area (Å²) in [6, 6.07) is 6.64. The van der Waals surface area contributed by atoms with Crippen molar-refractivity contribution in [3.8, 4) is 0 Å². The van der Waals surface area contributed by atoms with Gasteiger partial charge in [-0.25, -0.2) is 0 Å². The van der Waals surface area contributed by atoms with Crippen LogP contribution in [-0.2, 0) is 6.54 Å². The Morgan fingerprint density at radius 1 is 1.39 bits per heavy atom. The fraction of sp³-hybridized carbons (Fsp3) is 0.600.